The van der Waals surface area contributed by atoms with Crippen molar-refractivity contribution in [3.63, 3.8) is 0 Å². The smallest absolute Gasteiger partial charge is 0.255 e. The molecule has 3 N–H and O–H groups in total. The SMILES string of the molecule is CC(CCNC(=O)c1ccnc(S(N)(=O)=O)c1)c1ccccc1. The number of nitrogens with two attached hydrogens (primary N) is 1. The van der Waals surface area contributed by atoms with E-state index in [0.717, 1.165) is 6.42 Å². The lowest BCUT2D eigenvalue weighted by atomic mass is 9.98. The zero-order valence-electron chi connectivity index (χ0n) is 12.8. The molecule has 2 aromatic rings. The molecule has 0 radical (unpaired) electrons. The molecular formula is C16H19N3O3S. The molecule has 0 spiro atoms. The fraction of sp³-hybridized carbons (Fsp3) is 0.250. The molecule has 1 unspecified atom stereocenters. The monoisotopic (exact) mass is 333 g/mol. The number of carbonyl (C=O) groups is 1. The topological polar surface area (TPSA) is 102 Å². The summed E-state index contributed by atoms with van der Waals surface area (Å²) in [7, 11) is -3.92. The van der Waals surface area contributed by atoms with Gasteiger partial charge in [-0.05, 0) is 30.0 Å². The Bertz CT molecular complexity index is 776. The number of aromatic nitrogens is 1. The van der Waals surface area contributed by atoms with E-state index in [0.29, 0.717) is 12.5 Å². The van der Waals surface area contributed by atoms with Gasteiger partial charge in [0.15, 0.2) is 5.03 Å². The molecule has 0 aliphatic rings. The summed E-state index contributed by atoms with van der Waals surface area (Å²) in [6, 6.07) is 12.6. The third-order valence-corrected chi connectivity index (χ3v) is 4.33. The fourth-order valence-corrected chi connectivity index (χ4v) is 2.66. The zero-order chi connectivity index (χ0) is 16.9. The molecule has 1 amide bonds. The molecule has 7 heteroatoms. The molecule has 6 nitrogen and oxygen atoms in total. The average molecular weight is 333 g/mol. The highest BCUT2D eigenvalue weighted by atomic mass is 32.2. The number of carbonyl (C=O) groups excluding carboxylic acids is 1. The van der Waals surface area contributed by atoms with Crippen LogP contribution in [0.4, 0.5) is 0 Å². The third-order valence-electron chi connectivity index (χ3n) is 3.52. The molecule has 122 valence electrons. The van der Waals surface area contributed by atoms with Crippen LogP contribution < -0.4 is 10.5 Å². The van der Waals surface area contributed by atoms with Crippen LogP contribution in [0.25, 0.3) is 0 Å². The first-order valence-corrected chi connectivity index (χ1v) is 8.74. The van der Waals surface area contributed by atoms with Crippen molar-refractivity contribution in [1.82, 2.24) is 10.3 Å². The van der Waals surface area contributed by atoms with Crippen LogP contribution in [0.3, 0.4) is 0 Å². The second-order valence-electron chi connectivity index (χ2n) is 5.28. The summed E-state index contributed by atoms with van der Waals surface area (Å²) in [5.41, 5.74) is 1.43. The van der Waals surface area contributed by atoms with E-state index in [9.17, 15) is 13.2 Å². The van der Waals surface area contributed by atoms with Gasteiger partial charge in [0.2, 0.25) is 0 Å². The van der Waals surface area contributed by atoms with Gasteiger partial charge in [-0.25, -0.2) is 18.5 Å². The summed E-state index contributed by atoms with van der Waals surface area (Å²) in [5.74, 6) is -0.0357. The summed E-state index contributed by atoms with van der Waals surface area (Å²) in [4.78, 5) is 15.7. The number of sulfonamides is 1. The zero-order valence-corrected chi connectivity index (χ0v) is 13.6. The van der Waals surface area contributed by atoms with Crippen LogP contribution >= 0.6 is 0 Å². The van der Waals surface area contributed by atoms with Crippen molar-refractivity contribution in [1.29, 1.82) is 0 Å². The molecule has 23 heavy (non-hydrogen) atoms. The lowest BCUT2D eigenvalue weighted by Gasteiger charge is -2.12. The molecule has 0 aliphatic heterocycles. The first kappa shape index (κ1) is 17.1. The number of nitrogens with zero attached hydrogens (tertiary/aromatic N) is 1. The number of nitrogens with one attached hydrogen (secondary N) is 1. The maximum Gasteiger partial charge on any atom is 0.255 e. The quantitative estimate of drug-likeness (QED) is 0.839. The summed E-state index contributed by atoms with van der Waals surface area (Å²) in [6.45, 7) is 2.58. The van der Waals surface area contributed by atoms with Crippen LogP contribution in [-0.4, -0.2) is 25.9 Å². The Morgan fingerprint density at radius 2 is 1.96 bits per heavy atom. The molecule has 0 fully saturated rings. The molecule has 1 atom stereocenters. The van der Waals surface area contributed by atoms with Gasteiger partial charge >= 0.3 is 0 Å². The van der Waals surface area contributed by atoms with Gasteiger partial charge in [-0.3, -0.25) is 4.79 Å². The van der Waals surface area contributed by atoms with Crippen molar-refractivity contribution < 1.29 is 13.2 Å². The number of hydrogen-bond donors (Lipinski definition) is 2. The minimum absolute atomic E-state index is 0.219. The van der Waals surface area contributed by atoms with Crippen molar-refractivity contribution >= 4 is 15.9 Å². The minimum Gasteiger partial charge on any atom is -0.352 e. The number of amides is 1. The second kappa shape index (κ2) is 7.34. The minimum atomic E-state index is -3.92. The molecule has 0 saturated carbocycles. The van der Waals surface area contributed by atoms with Crippen molar-refractivity contribution in [2.75, 3.05) is 6.54 Å². The van der Waals surface area contributed by atoms with Crippen LogP contribution in [-0.2, 0) is 10.0 Å². The molecule has 1 aromatic carbocycles. The van der Waals surface area contributed by atoms with E-state index in [1.165, 1.54) is 23.9 Å². The summed E-state index contributed by atoms with van der Waals surface area (Å²) >= 11 is 0. The summed E-state index contributed by atoms with van der Waals surface area (Å²) < 4.78 is 22.5. The Morgan fingerprint density at radius 1 is 1.26 bits per heavy atom. The highest BCUT2D eigenvalue weighted by molar-refractivity contribution is 7.89. The summed E-state index contributed by atoms with van der Waals surface area (Å²) in [6.07, 6.45) is 2.03. The Kier molecular flexibility index (Phi) is 5.46. The first-order valence-electron chi connectivity index (χ1n) is 7.20. The van der Waals surface area contributed by atoms with Crippen molar-refractivity contribution in [2.24, 2.45) is 5.14 Å². The normalized spacial score (nSPS) is 12.6. The molecular weight excluding hydrogens is 314 g/mol. The van der Waals surface area contributed by atoms with Gasteiger partial charge in [-0.15, -0.1) is 0 Å². The van der Waals surface area contributed by atoms with Crippen LogP contribution in [0.2, 0.25) is 0 Å². The Hall–Kier alpha value is -2.25. The molecule has 0 aliphatic carbocycles. The van der Waals surface area contributed by atoms with Crippen molar-refractivity contribution in [3.8, 4) is 0 Å². The predicted molar refractivity (Wildman–Crippen MR) is 87.4 cm³/mol. The van der Waals surface area contributed by atoms with E-state index in [1.807, 2.05) is 30.3 Å². The van der Waals surface area contributed by atoms with Crippen LogP contribution in [0.5, 0.6) is 0 Å². The maximum absolute atomic E-state index is 12.1. The van der Waals surface area contributed by atoms with Gasteiger partial charge in [0, 0.05) is 18.3 Å². The van der Waals surface area contributed by atoms with Gasteiger partial charge in [0.05, 0.1) is 0 Å². The predicted octanol–water partition coefficient (Wildman–Crippen LogP) is 1.65. The first-order chi connectivity index (χ1) is 10.9. The Morgan fingerprint density at radius 3 is 2.61 bits per heavy atom. The van der Waals surface area contributed by atoms with Gasteiger partial charge in [-0.2, -0.15) is 0 Å². The fourth-order valence-electron chi connectivity index (χ4n) is 2.16. The largest absolute Gasteiger partial charge is 0.352 e. The number of hydrogen-bond acceptors (Lipinski definition) is 4. The highest BCUT2D eigenvalue weighted by Gasteiger charge is 2.13. The lowest BCUT2D eigenvalue weighted by Crippen LogP contribution is -2.26. The average Bonchev–Trinajstić information content (AvgIpc) is 2.54. The Balaban J connectivity index is 1.93. The Labute approximate surface area is 135 Å². The highest BCUT2D eigenvalue weighted by Crippen LogP contribution is 2.17. The number of pyridine rings is 1. The number of benzene rings is 1. The molecule has 1 heterocycles. The second-order valence-corrected chi connectivity index (χ2v) is 6.79. The van der Waals surface area contributed by atoms with E-state index < -0.39 is 10.0 Å². The van der Waals surface area contributed by atoms with E-state index in [2.05, 4.69) is 17.2 Å². The van der Waals surface area contributed by atoms with Crippen LogP contribution in [0.15, 0.2) is 53.7 Å². The van der Waals surface area contributed by atoms with Gasteiger partial charge in [-0.1, -0.05) is 37.3 Å². The molecule has 0 bridgehead atoms. The summed E-state index contributed by atoms with van der Waals surface area (Å²) in [5, 5.41) is 7.47. The van der Waals surface area contributed by atoms with E-state index >= 15 is 0 Å². The number of rotatable bonds is 6. The van der Waals surface area contributed by atoms with Gasteiger partial charge in [0.25, 0.3) is 15.9 Å². The third kappa shape index (κ3) is 4.87. The van der Waals surface area contributed by atoms with Gasteiger partial charge < -0.3 is 5.32 Å². The molecule has 2 rings (SSSR count). The lowest BCUT2D eigenvalue weighted by molar-refractivity contribution is 0.0952. The van der Waals surface area contributed by atoms with Crippen molar-refractivity contribution in [2.45, 2.75) is 24.3 Å². The van der Waals surface area contributed by atoms with Gasteiger partial charge in [0.1, 0.15) is 0 Å². The van der Waals surface area contributed by atoms with E-state index in [-0.39, 0.29) is 16.5 Å². The van der Waals surface area contributed by atoms with Crippen LogP contribution in [0.1, 0.15) is 35.2 Å². The molecule has 0 saturated heterocycles. The standard InChI is InChI=1S/C16H19N3O3S/c1-12(13-5-3-2-4-6-13)7-9-19-16(20)14-8-10-18-15(11-14)23(17,21)22/h2-6,8,10-12H,7,9H2,1H3,(H,19,20)(H2,17,21,22). The maximum atomic E-state index is 12.1. The van der Waals surface area contributed by atoms with Crippen LogP contribution in [0, 0.1) is 0 Å². The van der Waals surface area contributed by atoms with E-state index in [1.54, 1.807) is 0 Å². The molecule has 1 aromatic heterocycles. The van der Waals surface area contributed by atoms with E-state index in [4.69, 9.17) is 5.14 Å². The number of primary sulfonamides is 1. The van der Waals surface area contributed by atoms with Crippen molar-refractivity contribution in [3.05, 3.63) is 59.8 Å².